The minimum Gasteiger partial charge on any atom is -0.496 e. The molecule has 18 heavy (non-hydrogen) atoms. The number of ketones is 1. The number of carbonyl (C=O) groups is 1. The summed E-state index contributed by atoms with van der Waals surface area (Å²) in [4.78, 5) is 12.2. The van der Waals surface area contributed by atoms with E-state index in [9.17, 15) is 9.18 Å². The zero-order valence-electron chi connectivity index (χ0n) is 9.81. The molecule has 0 aliphatic rings. The van der Waals surface area contributed by atoms with Crippen LogP contribution in [0.1, 0.15) is 15.9 Å². The molecule has 0 fully saturated rings. The molecule has 0 aromatic heterocycles. The minimum atomic E-state index is -0.601. The van der Waals surface area contributed by atoms with Gasteiger partial charge in [-0.1, -0.05) is 12.1 Å². The molecular weight excluding hydrogens is 233 g/mol. The molecule has 0 aliphatic heterocycles. The van der Waals surface area contributed by atoms with Gasteiger partial charge in [-0.25, -0.2) is 4.39 Å². The van der Waals surface area contributed by atoms with E-state index in [1.54, 1.807) is 24.3 Å². The average Bonchev–Trinajstić information content (AvgIpc) is 2.41. The van der Waals surface area contributed by atoms with E-state index >= 15 is 0 Å². The summed E-state index contributed by atoms with van der Waals surface area (Å²) in [6.45, 7) is 0. The summed E-state index contributed by atoms with van der Waals surface area (Å²) in [6.07, 6.45) is 0. The summed E-state index contributed by atoms with van der Waals surface area (Å²) in [5.74, 6) is -0.443. The standard InChI is InChI=1S/C14H12FNO2/c1-18-13-5-3-2-4-10(13)14(17)9-6-7-12(16)11(15)8-9/h2-8H,16H2,1H3. The lowest BCUT2D eigenvalue weighted by atomic mass is 10.0. The maximum atomic E-state index is 13.3. The zero-order chi connectivity index (χ0) is 13.1. The predicted molar refractivity (Wildman–Crippen MR) is 67.2 cm³/mol. The van der Waals surface area contributed by atoms with Crippen molar-refractivity contribution in [1.82, 2.24) is 0 Å². The third-order valence-corrected chi connectivity index (χ3v) is 2.61. The van der Waals surface area contributed by atoms with Crippen molar-refractivity contribution in [3.63, 3.8) is 0 Å². The van der Waals surface area contributed by atoms with Gasteiger partial charge in [0.05, 0.1) is 18.4 Å². The number of nitrogens with two attached hydrogens (primary N) is 1. The van der Waals surface area contributed by atoms with Gasteiger partial charge in [-0.15, -0.1) is 0 Å². The first-order valence-corrected chi connectivity index (χ1v) is 5.36. The number of hydrogen-bond acceptors (Lipinski definition) is 3. The van der Waals surface area contributed by atoms with Crippen LogP contribution in [0, 0.1) is 5.82 Å². The Hall–Kier alpha value is -2.36. The lowest BCUT2D eigenvalue weighted by Gasteiger charge is -2.07. The number of carbonyl (C=O) groups excluding carboxylic acids is 1. The van der Waals surface area contributed by atoms with E-state index in [0.717, 1.165) is 6.07 Å². The fourth-order valence-corrected chi connectivity index (χ4v) is 1.66. The number of nitrogen functional groups attached to an aromatic ring is 1. The van der Waals surface area contributed by atoms with Crippen LogP contribution >= 0.6 is 0 Å². The van der Waals surface area contributed by atoms with Crippen LogP contribution in [0.2, 0.25) is 0 Å². The third kappa shape index (κ3) is 2.18. The Morgan fingerprint density at radius 1 is 1.22 bits per heavy atom. The molecule has 0 heterocycles. The Kier molecular flexibility index (Phi) is 3.28. The van der Waals surface area contributed by atoms with E-state index in [4.69, 9.17) is 10.5 Å². The predicted octanol–water partition coefficient (Wildman–Crippen LogP) is 2.65. The minimum absolute atomic E-state index is 0.0200. The van der Waals surface area contributed by atoms with Gasteiger partial charge in [-0.3, -0.25) is 4.79 Å². The number of para-hydroxylation sites is 1. The maximum absolute atomic E-state index is 13.3. The Balaban J connectivity index is 2.44. The van der Waals surface area contributed by atoms with Crippen LogP contribution in [0.25, 0.3) is 0 Å². The van der Waals surface area contributed by atoms with Crippen LogP contribution in [0.15, 0.2) is 42.5 Å². The SMILES string of the molecule is COc1ccccc1C(=O)c1ccc(N)c(F)c1. The smallest absolute Gasteiger partial charge is 0.196 e. The molecule has 0 bridgehead atoms. The molecule has 0 unspecified atom stereocenters. The molecule has 2 N–H and O–H groups in total. The van der Waals surface area contributed by atoms with E-state index < -0.39 is 5.82 Å². The van der Waals surface area contributed by atoms with Gasteiger partial charge in [0.25, 0.3) is 0 Å². The molecule has 2 rings (SSSR count). The number of ether oxygens (including phenoxy) is 1. The van der Waals surface area contributed by atoms with Crippen LogP contribution in [-0.4, -0.2) is 12.9 Å². The van der Waals surface area contributed by atoms with E-state index in [-0.39, 0.29) is 17.0 Å². The summed E-state index contributed by atoms with van der Waals surface area (Å²) >= 11 is 0. The fraction of sp³-hybridized carbons (Fsp3) is 0.0714. The quantitative estimate of drug-likeness (QED) is 0.668. The van der Waals surface area contributed by atoms with Gasteiger partial charge in [0.15, 0.2) is 5.78 Å². The third-order valence-electron chi connectivity index (χ3n) is 2.61. The monoisotopic (exact) mass is 245 g/mol. The van der Waals surface area contributed by atoms with Crippen LogP contribution in [0.3, 0.4) is 0 Å². The van der Waals surface area contributed by atoms with Crippen molar-refractivity contribution in [2.24, 2.45) is 0 Å². The molecule has 2 aromatic rings. The zero-order valence-corrected chi connectivity index (χ0v) is 9.81. The highest BCUT2D eigenvalue weighted by atomic mass is 19.1. The highest BCUT2D eigenvalue weighted by Gasteiger charge is 2.14. The second kappa shape index (κ2) is 4.87. The van der Waals surface area contributed by atoms with Gasteiger partial charge in [0.2, 0.25) is 0 Å². The van der Waals surface area contributed by atoms with Crippen molar-refractivity contribution in [3.8, 4) is 5.75 Å². The maximum Gasteiger partial charge on any atom is 0.196 e. The van der Waals surface area contributed by atoms with Gasteiger partial charge in [0, 0.05) is 5.56 Å². The van der Waals surface area contributed by atoms with Gasteiger partial charge in [0.1, 0.15) is 11.6 Å². The Morgan fingerprint density at radius 2 is 1.94 bits per heavy atom. The van der Waals surface area contributed by atoms with Crippen molar-refractivity contribution >= 4 is 11.5 Å². The Morgan fingerprint density at radius 3 is 2.61 bits per heavy atom. The number of anilines is 1. The van der Waals surface area contributed by atoms with Crippen molar-refractivity contribution in [2.45, 2.75) is 0 Å². The van der Waals surface area contributed by atoms with Gasteiger partial charge < -0.3 is 10.5 Å². The Bertz CT molecular complexity index is 596. The molecule has 0 spiro atoms. The summed E-state index contributed by atoms with van der Waals surface area (Å²) < 4.78 is 18.4. The molecule has 0 saturated carbocycles. The molecule has 0 radical (unpaired) electrons. The summed E-state index contributed by atoms with van der Waals surface area (Å²) in [7, 11) is 1.48. The molecule has 0 amide bonds. The number of hydrogen-bond donors (Lipinski definition) is 1. The number of halogens is 1. The fourth-order valence-electron chi connectivity index (χ4n) is 1.66. The highest BCUT2D eigenvalue weighted by molar-refractivity contribution is 6.10. The largest absolute Gasteiger partial charge is 0.496 e. The molecular formula is C14H12FNO2. The van der Waals surface area contributed by atoms with Crippen LogP contribution in [-0.2, 0) is 0 Å². The first-order chi connectivity index (χ1) is 8.63. The van der Waals surface area contributed by atoms with Crippen LogP contribution < -0.4 is 10.5 Å². The first-order valence-electron chi connectivity index (χ1n) is 5.36. The average molecular weight is 245 g/mol. The van der Waals surface area contributed by atoms with E-state index in [2.05, 4.69) is 0 Å². The Labute approximate surface area is 104 Å². The molecule has 2 aromatic carbocycles. The highest BCUT2D eigenvalue weighted by Crippen LogP contribution is 2.22. The van der Waals surface area contributed by atoms with Crippen molar-refractivity contribution in [3.05, 3.63) is 59.4 Å². The lowest BCUT2D eigenvalue weighted by molar-refractivity contribution is 0.103. The molecule has 3 nitrogen and oxygen atoms in total. The molecule has 4 heteroatoms. The second-order valence-electron chi connectivity index (χ2n) is 3.77. The first kappa shape index (κ1) is 12.1. The molecule has 0 aliphatic carbocycles. The second-order valence-corrected chi connectivity index (χ2v) is 3.77. The summed E-state index contributed by atoms with van der Waals surface area (Å²) in [5, 5.41) is 0. The molecule has 92 valence electrons. The molecule has 0 saturated heterocycles. The topological polar surface area (TPSA) is 52.3 Å². The number of methoxy groups -OCH3 is 1. The lowest BCUT2D eigenvalue weighted by Crippen LogP contribution is -2.05. The van der Waals surface area contributed by atoms with Gasteiger partial charge >= 0.3 is 0 Å². The van der Waals surface area contributed by atoms with E-state index in [0.29, 0.717) is 11.3 Å². The van der Waals surface area contributed by atoms with Gasteiger partial charge in [-0.05, 0) is 30.3 Å². The van der Waals surface area contributed by atoms with Gasteiger partial charge in [-0.2, -0.15) is 0 Å². The van der Waals surface area contributed by atoms with Crippen molar-refractivity contribution in [1.29, 1.82) is 0 Å². The van der Waals surface area contributed by atoms with Crippen LogP contribution in [0.4, 0.5) is 10.1 Å². The number of rotatable bonds is 3. The van der Waals surface area contributed by atoms with E-state index in [1.807, 2.05) is 0 Å². The van der Waals surface area contributed by atoms with Crippen LogP contribution in [0.5, 0.6) is 5.75 Å². The normalized spacial score (nSPS) is 10.1. The summed E-state index contributed by atoms with van der Waals surface area (Å²) in [6, 6.07) is 10.8. The van der Waals surface area contributed by atoms with Crippen molar-refractivity contribution in [2.75, 3.05) is 12.8 Å². The number of benzene rings is 2. The molecule has 0 atom stereocenters. The van der Waals surface area contributed by atoms with Crippen molar-refractivity contribution < 1.29 is 13.9 Å². The summed E-state index contributed by atoms with van der Waals surface area (Å²) in [5.41, 5.74) is 6.03. The van der Waals surface area contributed by atoms with E-state index in [1.165, 1.54) is 19.2 Å².